The summed E-state index contributed by atoms with van der Waals surface area (Å²) >= 11 is 6.80. The maximum absolute atomic E-state index is 12.1. The van der Waals surface area contributed by atoms with Crippen molar-refractivity contribution in [1.29, 1.82) is 0 Å². The van der Waals surface area contributed by atoms with Crippen LogP contribution in [0.2, 0.25) is 5.02 Å². The van der Waals surface area contributed by atoms with E-state index in [9.17, 15) is 4.79 Å². The van der Waals surface area contributed by atoms with Crippen molar-refractivity contribution in [2.45, 2.75) is 44.9 Å². The lowest BCUT2D eigenvalue weighted by molar-refractivity contribution is 0.0964. The van der Waals surface area contributed by atoms with Crippen molar-refractivity contribution in [1.82, 2.24) is 5.32 Å². The molecule has 0 aliphatic heterocycles. The molecule has 2 atom stereocenters. The number of hydrogen-bond donors (Lipinski definition) is 3. The summed E-state index contributed by atoms with van der Waals surface area (Å²) in [7, 11) is 1.64. The molecule has 0 bridgehead atoms. The molecule has 5 heteroatoms. The molecule has 182 valence electrons. The van der Waals surface area contributed by atoms with E-state index in [1.807, 2.05) is 48.5 Å². The lowest BCUT2D eigenvalue weighted by Gasteiger charge is -2.31. The Kier molecular flexibility index (Phi) is 6.50. The van der Waals surface area contributed by atoms with Gasteiger partial charge in [-0.1, -0.05) is 43.6 Å². The largest absolute Gasteiger partial charge is 0.355 e. The van der Waals surface area contributed by atoms with E-state index in [-0.39, 0.29) is 5.91 Å². The number of benzene rings is 3. The minimum Gasteiger partial charge on any atom is -0.355 e. The van der Waals surface area contributed by atoms with Crippen LogP contribution in [0.25, 0.3) is 0 Å². The summed E-state index contributed by atoms with van der Waals surface area (Å²) in [4.78, 5) is 12.1. The topological polar surface area (TPSA) is 53.2 Å². The smallest absolute Gasteiger partial charge is 0.253 e. The second kappa shape index (κ2) is 9.58. The molecular weight excluding hydrogens is 454 g/mol. The van der Waals surface area contributed by atoms with E-state index in [4.69, 9.17) is 11.6 Å². The zero-order chi connectivity index (χ0) is 24.6. The fraction of sp³-hybridized carbons (Fsp3) is 0.367. The minimum atomic E-state index is -0.116. The van der Waals surface area contributed by atoms with Gasteiger partial charge < -0.3 is 16.0 Å². The quantitative estimate of drug-likeness (QED) is 0.331. The van der Waals surface area contributed by atoms with Gasteiger partial charge in [0.1, 0.15) is 0 Å². The summed E-state index contributed by atoms with van der Waals surface area (Å²) in [6, 6.07) is 22.1. The highest BCUT2D eigenvalue weighted by atomic mass is 35.5. The Labute approximate surface area is 213 Å². The van der Waals surface area contributed by atoms with E-state index in [1.165, 1.54) is 31.2 Å². The number of fused-ring (bicyclic) bond motifs is 1. The van der Waals surface area contributed by atoms with Gasteiger partial charge in [0.05, 0.1) is 22.0 Å². The molecule has 3 aromatic rings. The highest BCUT2D eigenvalue weighted by Crippen LogP contribution is 2.59. The zero-order valence-electron chi connectivity index (χ0n) is 20.7. The summed E-state index contributed by atoms with van der Waals surface area (Å²) in [6.45, 7) is 4.80. The minimum absolute atomic E-state index is 0.116. The monoisotopic (exact) mass is 487 g/mol. The predicted molar refractivity (Wildman–Crippen MR) is 146 cm³/mol. The van der Waals surface area contributed by atoms with Crippen LogP contribution in [0.15, 0.2) is 66.7 Å². The van der Waals surface area contributed by atoms with E-state index in [2.05, 4.69) is 48.0 Å². The van der Waals surface area contributed by atoms with Gasteiger partial charge in [0.25, 0.3) is 5.91 Å². The van der Waals surface area contributed by atoms with E-state index < -0.39 is 0 Å². The number of halogens is 1. The van der Waals surface area contributed by atoms with Gasteiger partial charge in [-0.3, -0.25) is 4.79 Å². The van der Waals surface area contributed by atoms with Crippen LogP contribution in [0.1, 0.15) is 55.5 Å². The van der Waals surface area contributed by atoms with Gasteiger partial charge in [-0.15, -0.1) is 0 Å². The zero-order valence-corrected chi connectivity index (χ0v) is 21.5. The number of anilines is 4. The Morgan fingerprint density at radius 1 is 0.857 bits per heavy atom. The van der Waals surface area contributed by atoms with Crippen molar-refractivity contribution >= 4 is 40.3 Å². The Morgan fingerprint density at radius 3 is 2.06 bits per heavy atom. The number of carbonyl (C=O) groups is 1. The Morgan fingerprint density at radius 2 is 1.46 bits per heavy atom. The fourth-order valence-electron chi connectivity index (χ4n) is 6.62. The number of para-hydroxylation sites is 1. The van der Waals surface area contributed by atoms with Crippen molar-refractivity contribution in [3.8, 4) is 0 Å². The van der Waals surface area contributed by atoms with Crippen LogP contribution in [-0.2, 0) is 5.41 Å². The SMILES string of the molecule is CNC(=O)c1ccccc1Nc1ccc(Nc2ccc(C34CC(C)CC3CC(C)C4)cc2Cl)cc1. The molecule has 2 aliphatic carbocycles. The van der Waals surface area contributed by atoms with Crippen molar-refractivity contribution in [2.75, 3.05) is 17.7 Å². The molecule has 1 amide bonds. The predicted octanol–water partition coefficient (Wildman–Crippen LogP) is 7.90. The fourth-order valence-corrected chi connectivity index (χ4v) is 6.84. The Balaban J connectivity index is 1.31. The third-order valence-electron chi connectivity index (χ3n) is 7.97. The molecule has 5 rings (SSSR count). The van der Waals surface area contributed by atoms with E-state index in [1.54, 1.807) is 7.05 Å². The molecule has 3 N–H and O–H groups in total. The third kappa shape index (κ3) is 4.64. The van der Waals surface area contributed by atoms with Gasteiger partial charge in [0, 0.05) is 18.4 Å². The van der Waals surface area contributed by atoms with Gasteiger partial charge in [0.15, 0.2) is 0 Å². The summed E-state index contributed by atoms with van der Waals surface area (Å²) < 4.78 is 0. The summed E-state index contributed by atoms with van der Waals surface area (Å²) in [5.41, 5.74) is 5.89. The van der Waals surface area contributed by atoms with Crippen LogP contribution < -0.4 is 16.0 Å². The van der Waals surface area contributed by atoms with Crippen LogP contribution in [0.3, 0.4) is 0 Å². The van der Waals surface area contributed by atoms with Gasteiger partial charge >= 0.3 is 0 Å². The molecule has 0 saturated heterocycles. The number of amides is 1. The van der Waals surface area contributed by atoms with Crippen LogP contribution in [0.5, 0.6) is 0 Å². The van der Waals surface area contributed by atoms with Crippen LogP contribution >= 0.6 is 11.6 Å². The Hall–Kier alpha value is -2.98. The maximum Gasteiger partial charge on any atom is 0.253 e. The average molecular weight is 488 g/mol. The van der Waals surface area contributed by atoms with Crippen molar-refractivity contribution in [2.24, 2.45) is 17.8 Å². The first kappa shape index (κ1) is 23.7. The van der Waals surface area contributed by atoms with E-state index >= 15 is 0 Å². The van der Waals surface area contributed by atoms with Gasteiger partial charge in [-0.2, -0.15) is 0 Å². The van der Waals surface area contributed by atoms with Crippen molar-refractivity contribution in [3.63, 3.8) is 0 Å². The lowest BCUT2D eigenvalue weighted by Crippen LogP contribution is -2.25. The number of rotatable bonds is 6. The number of nitrogens with one attached hydrogen (secondary N) is 3. The first-order valence-corrected chi connectivity index (χ1v) is 13.0. The summed E-state index contributed by atoms with van der Waals surface area (Å²) in [5.74, 6) is 2.25. The molecule has 2 unspecified atom stereocenters. The van der Waals surface area contributed by atoms with Gasteiger partial charge in [-0.05, 0) is 103 Å². The number of hydrogen-bond acceptors (Lipinski definition) is 3. The highest BCUT2D eigenvalue weighted by Gasteiger charge is 2.51. The first-order chi connectivity index (χ1) is 16.9. The molecule has 4 nitrogen and oxygen atoms in total. The normalized spacial score (nSPS) is 25.2. The molecule has 0 aromatic heterocycles. The van der Waals surface area contributed by atoms with Gasteiger partial charge in [0.2, 0.25) is 0 Å². The molecule has 3 aromatic carbocycles. The molecule has 0 radical (unpaired) electrons. The second-order valence-corrected chi connectivity index (χ2v) is 11.0. The molecule has 2 aliphatic rings. The first-order valence-electron chi connectivity index (χ1n) is 12.6. The lowest BCUT2D eigenvalue weighted by atomic mass is 9.73. The van der Waals surface area contributed by atoms with Crippen molar-refractivity contribution < 1.29 is 4.79 Å². The maximum atomic E-state index is 12.1. The number of carbonyl (C=O) groups excluding carboxylic acids is 1. The third-order valence-corrected chi connectivity index (χ3v) is 8.28. The van der Waals surface area contributed by atoms with Crippen LogP contribution in [-0.4, -0.2) is 13.0 Å². The van der Waals surface area contributed by atoms with Gasteiger partial charge in [-0.25, -0.2) is 0 Å². The molecular formula is C30H34ClN3O. The molecule has 35 heavy (non-hydrogen) atoms. The Bertz CT molecular complexity index is 1210. The van der Waals surface area contributed by atoms with E-state index in [0.29, 0.717) is 11.0 Å². The average Bonchev–Trinajstić information content (AvgIpc) is 3.32. The van der Waals surface area contributed by atoms with Crippen LogP contribution in [0.4, 0.5) is 22.7 Å². The summed E-state index contributed by atoms with van der Waals surface area (Å²) in [6.07, 6.45) is 5.25. The van der Waals surface area contributed by atoms with E-state index in [0.717, 1.165) is 45.5 Å². The van der Waals surface area contributed by atoms with Crippen molar-refractivity contribution in [3.05, 3.63) is 82.9 Å². The second-order valence-electron chi connectivity index (χ2n) is 10.6. The molecule has 0 spiro atoms. The highest BCUT2D eigenvalue weighted by molar-refractivity contribution is 6.33. The van der Waals surface area contributed by atoms with Crippen LogP contribution in [0, 0.1) is 17.8 Å². The standard InChI is InChI=1S/C30H34ClN3O/c1-19-14-22-15-20(2)18-30(22,17-19)21-8-13-28(26(31)16-21)34-24-11-9-23(10-12-24)33-27-7-5-4-6-25(27)29(35)32-3/h4-13,16,19-20,22,33-34H,14-15,17-18H2,1-3H3,(H,32,35). The summed E-state index contributed by atoms with van der Waals surface area (Å²) in [5, 5.41) is 10.3. The molecule has 2 fully saturated rings. The molecule has 2 saturated carbocycles. The molecule has 0 heterocycles.